The van der Waals surface area contributed by atoms with Gasteiger partial charge in [-0.25, -0.2) is 0 Å². The summed E-state index contributed by atoms with van der Waals surface area (Å²) in [6.07, 6.45) is -2.98. The number of nitrogens with zero attached hydrogens (tertiary/aromatic N) is 3. The second kappa shape index (κ2) is 5.53. The fourth-order valence-corrected chi connectivity index (χ4v) is 2.41. The first kappa shape index (κ1) is 15.0. The fourth-order valence-electron chi connectivity index (χ4n) is 2.05. The van der Waals surface area contributed by atoms with Gasteiger partial charge in [-0.15, -0.1) is 5.10 Å². The molecule has 0 fully saturated rings. The van der Waals surface area contributed by atoms with Crippen LogP contribution in [0.2, 0.25) is 0 Å². The van der Waals surface area contributed by atoms with Gasteiger partial charge < -0.3 is 5.32 Å². The zero-order valence-corrected chi connectivity index (χ0v) is 12.3. The molecule has 108 valence electrons. The molecule has 2 aromatic rings. The maximum Gasteiger partial charge on any atom is 0.416 e. The standard InChI is InChI=1S/C12H12BrF3N4/c1-17-11(10-6-18-19-20(10)2)8-4-3-7(13)5-9(8)12(14,15)16/h3-6,11,17H,1-2H3. The Bertz CT molecular complexity index is 609. The molecule has 2 rings (SSSR count). The van der Waals surface area contributed by atoms with Gasteiger partial charge in [-0.05, 0) is 24.7 Å². The van der Waals surface area contributed by atoms with Crippen molar-refractivity contribution in [3.63, 3.8) is 0 Å². The Morgan fingerprint density at radius 1 is 1.35 bits per heavy atom. The summed E-state index contributed by atoms with van der Waals surface area (Å²) in [6, 6.07) is 3.46. The average Bonchev–Trinajstić information content (AvgIpc) is 2.77. The van der Waals surface area contributed by atoms with Crippen LogP contribution in [0, 0.1) is 0 Å². The molecular weight excluding hydrogens is 337 g/mol. The van der Waals surface area contributed by atoms with Crippen LogP contribution >= 0.6 is 15.9 Å². The van der Waals surface area contributed by atoms with Crippen LogP contribution in [0.15, 0.2) is 28.9 Å². The lowest BCUT2D eigenvalue weighted by Crippen LogP contribution is -2.24. The summed E-state index contributed by atoms with van der Waals surface area (Å²) in [5.41, 5.74) is 0.00125. The van der Waals surface area contributed by atoms with Gasteiger partial charge in [0.1, 0.15) is 0 Å². The minimum atomic E-state index is -4.43. The van der Waals surface area contributed by atoms with Crippen molar-refractivity contribution in [2.45, 2.75) is 12.2 Å². The molecule has 1 unspecified atom stereocenters. The average molecular weight is 349 g/mol. The first-order chi connectivity index (χ1) is 9.34. The number of halogens is 4. The molecule has 8 heteroatoms. The molecule has 0 bridgehead atoms. The zero-order chi connectivity index (χ0) is 14.9. The molecule has 0 saturated carbocycles. The number of rotatable bonds is 3. The van der Waals surface area contributed by atoms with E-state index in [2.05, 4.69) is 31.6 Å². The maximum atomic E-state index is 13.2. The maximum absolute atomic E-state index is 13.2. The quantitative estimate of drug-likeness (QED) is 0.927. The molecule has 1 N–H and O–H groups in total. The normalized spacial score (nSPS) is 13.5. The van der Waals surface area contributed by atoms with E-state index in [1.54, 1.807) is 20.2 Å². The zero-order valence-electron chi connectivity index (χ0n) is 10.7. The number of hydrogen-bond donors (Lipinski definition) is 1. The summed E-state index contributed by atoms with van der Waals surface area (Å²) in [5, 5.41) is 10.3. The Morgan fingerprint density at radius 3 is 2.55 bits per heavy atom. The SMILES string of the molecule is CNC(c1ccc(Br)cc1C(F)(F)F)c1cnnn1C. The largest absolute Gasteiger partial charge is 0.416 e. The van der Waals surface area contributed by atoms with Gasteiger partial charge in [-0.3, -0.25) is 4.68 Å². The van der Waals surface area contributed by atoms with Gasteiger partial charge in [-0.1, -0.05) is 27.2 Å². The highest BCUT2D eigenvalue weighted by Crippen LogP contribution is 2.37. The molecule has 0 aliphatic carbocycles. The molecule has 1 atom stereocenters. The van der Waals surface area contributed by atoms with Gasteiger partial charge in [-0.2, -0.15) is 13.2 Å². The van der Waals surface area contributed by atoms with E-state index in [0.29, 0.717) is 10.2 Å². The third-order valence-electron chi connectivity index (χ3n) is 2.97. The molecule has 20 heavy (non-hydrogen) atoms. The van der Waals surface area contributed by atoms with Crippen LogP contribution in [0.5, 0.6) is 0 Å². The topological polar surface area (TPSA) is 42.7 Å². The van der Waals surface area contributed by atoms with E-state index in [-0.39, 0.29) is 5.56 Å². The number of aromatic nitrogens is 3. The predicted octanol–water partition coefficient (Wildman–Crippen LogP) is 2.91. The van der Waals surface area contributed by atoms with Gasteiger partial charge in [0.05, 0.1) is 23.5 Å². The van der Waals surface area contributed by atoms with E-state index in [0.717, 1.165) is 6.07 Å². The first-order valence-corrected chi connectivity index (χ1v) is 6.52. The summed E-state index contributed by atoms with van der Waals surface area (Å²) in [4.78, 5) is 0. The van der Waals surface area contributed by atoms with Crippen molar-refractivity contribution in [1.82, 2.24) is 20.3 Å². The van der Waals surface area contributed by atoms with E-state index < -0.39 is 17.8 Å². The first-order valence-electron chi connectivity index (χ1n) is 5.73. The second-order valence-electron chi connectivity index (χ2n) is 4.23. The molecule has 0 amide bonds. The number of aryl methyl sites for hydroxylation is 1. The van der Waals surface area contributed by atoms with Crippen molar-refractivity contribution in [2.75, 3.05) is 7.05 Å². The van der Waals surface area contributed by atoms with Gasteiger partial charge in [0.15, 0.2) is 0 Å². The Balaban J connectivity index is 2.59. The highest BCUT2D eigenvalue weighted by molar-refractivity contribution is 9.10. The summed E-state index contributed by atoms with van der Waals surface area (Å²) in [7, 11) is 3.23. The van der Waals surface area contributed by atoms with E-state index in [1.165, 1.54) is 16.9 Å². The van der Waals surface area contributed by atoms with E-state index >= 15 is 0 Å². The van der Waals surface area contributed by atoms with Crippen molar-refractivity contribution in [1.29, 1.82) is 0 Å². The molecule has 0 spiro atoms. The molecule has 0 radical (unpaired) electrons. The smallest absolute Gasteiger partial charge is 0.308 e. The Morgan fingerprint density at radius 2 is 2.05 bits per heavy atom. The van der Waals surface area contributed by atoms with Crippen LogP contribution in [-0.4, -0.2) is 22.0 Å². The van der Waals surface area contributed by atoms with Crippen molar-refractivity contribution in [3.05, 3.63) is 45.7 Å². The van der Waals surface area contributed by atoms with Crippen molar-refractivity contribution >= 4 is 15.9 Å². The monoisotopic (exact) mass is 348 g/mol. The molecule has 1 aromatic carbocycles. The molecule has 0 aliphatic rings. The lowest BCUT2D eigenvalue weighted by atomic mass is 9.98. The molecule has 0 saturated heterocycles. The Hall–Kier alpha value is -1.41. The van der Waals surface area contributed by atoms with Gasteiger partial charge >= 0.3 is 6.18 Å². The fraction of sp³-hybridized carbons (Fsp3) is 0.333. The third kappa shape index (κ3) is 2.85. The van der Waals surface area contributed by atoms with E-state index in [4.69, 9.17) is 0 Å². The van der Waals surface area contributed by atoms with Crippen LogP contribution in [-0.2, 0) is 13.2 Å². The van der Waals surface area contributed by atoms with Gasteiger partial charge in [0, 0.05) is 11.5 Å². The Kier molecular flexibility index (Phi) is 4.14. The summed E-state index contributed by atoms with van der Waals surface area (Å²) < 4.78 is 41.4. The Labute approximate surface area is 122 Å². The molecule has 1 aromatic heterocycles. The van der Waals surface area contributed by atoms with E-state index in [9.17, 15) is 13.2 Å². The molecule has 1 heterocycles. The molecule has 4 nitrogen and oxygen atoms in total. The van der Waals surface area contributed by atoms with Crippen LogP contribution in [0.25, 0.3) is 0 Å². The predicted molar refractivity (Wildman–Crippen MR) is 71.0 cm³/mol. The van der Waals surface area contributed by atoms with Gasteiger partial charge in [0.25, 0.3) is 0 Å². The second-order valence-corrected chi connectivity index (χ2v) is 5.15. The summed E-state index contributed by atoms with van der Waals surface area (Å²) in [5.74, 6) is 0. The van der Waals surface area contributed by atoms with E-state index in [1.807, 2.05) is 0 Å². The number of alkyl halides is 3. The van der Waals surface area contributed by atoms with Crippen LogP contribution < -0.4 is 5.32 Å². The lowest BCUT2D eigenvalue weighted by Gasteiger charge is -2.21. The number of hydrogen-bond acceptors (Lipinski definition) is 3. The third-order valence-corrected chi connectivity index (χ3v) is 3.46. The van der Waals surface area contributed by atoms with Crippen molar-refractivity contribution in [3.8, 4) is 0 Å². The minimum absolute atomic E-state index is 0.133. The van der Waals surface area contributed by atoms with Gasteiger partial charge in [0.2, 0.25) is 0 Å². The lowest BCUT2D eigenvalue weighted by molar-refractivity contribution is -0.138. The summed E-state index contributed by atoms with van der Waals surface area (Å²) in [6.45, 7) is 0. The minimum Gasteiger partial charge on any atom is -0.308 e. The number of benzene rings is 1. The number of nitrogens with one attached hydrogen (secondary N) is 1. The van der Waals surface area contributed by atoms with Crippen LogP contribution in [0.1, 0.15) is 22.9 Å². The highest BCUT2D eigenvalue weighted by Gasteiger charge is 2.36. The highest BCUT2D eigenvalue weighted by atomic mass is 79.9. The van der Waals surface area contributed by atoms with Crippen LogP contribution in [0.4, 0.5) is 13.2 Å². The molecule has 0 aliphatic heterocycles. The van der Waals surface area contributed by atoms with Crippen LogP contribution in [0.3, 0.4) is 0 Å². The summed E-state index contributed by atoms with van der Waals surface area (Å²) >= 11 is 3.07. The molecular formula is C12H12BrF3N4. The van der Waals surface area contributed by atoms with Crippen molar-refractivity contribution < 1.29 is 13.2 Å². The van der Waals surface area contributed by atoms with Crippen molar-refractivity contribution in [2.24, 2.45) is 7.05 Å².